The summed E-state index contributed by atoms with van der Waals surface area (Å²) in [7, 11) is 0. The Labute approximate surface area is 172 Å². The number of rotatable bonds is 6. The van der Waals surface area contributed by atoms with Crippen molar-refractivity contribution in [3.63, 3.8) is 0 Å². The molecule has 29 heavy (non-hydrogen) atoms. The average molecular weight is 386 g/mol. The lowest BCUT2D eigenvalue weighted by molar-refractivity contribution is -0.131. The Hall–Kier alpha value is -3.33. The lowest BCUT2D eigenvalue weighted by Crippen LogP contribution is -2.10. The van der Waals surface area contributed by atoms with E-state index in [9.17, 15) is 4.79 Å². The lowest BCUT2D eigenvalue weighted by Gasteiger charge is -2.19. The molecule has 3 heteroatoms. The van der Waals surface area contributed by atoms with Crippen molar-refractivity contribution < 1.29 is 14.6 Å². The van der Waals surface area contributed by atoms with Crippen molar-refractivity contribution in [3.05, 3.63) is 95.6 Å². The molecule has 0 amide bonds. The number of carbonyl (C=O) groups is 1. The molecule has 0 radical (unpaired) electrons. The molecule has 0 bridgehead atoms. The zero-order chi connectivity index (χ0) is 20.9. The van der Waals surface area contributed by atoms with E-state index in [4.69, 9.17) is 9.84 Å². The summed E-state index contributed by atoms with van der Waals surface area (Å²) in [6, 6.07) is 24.2. The number of aliphatic carboxylic acids is 1. The summed E-state index contributed by atoms with van der Waals surface area (Å²) >= 11 is 0. The van der Waals surface area contributed by atoms with E-state index in [1.807, 2.05) is 48.5 Å². The van der Waals surface area contributed by atoms with Gasteiger partial charge in [-0.2, -0.15) is 0 Å². The first-order chi connectivity index (χ1) is 13.8. The van der Waals surface area contributed by atoms with Crippen LogP contribution in [0.5, 0.6) is 5.75 Å². The van der Waals surface area contributed by atoms with Gasteiger partial charge in [0.05, 0.1) is 0 Å². The van der Waals surface area contributed by atoms with Gasteiger partial charge in [0, 0.05) is 11.6 Å². The summed E-state index contributed by atoms with van der Waals surface area (Å²) < 4.78 is 5.97. The summed E-state index contributed by atoms with van der Waals surface area (Å²) in [4.78, 5) is 11.0. The normalized spacial score (nSPS) is 11.6. The first-order valence-corrected chi connectivity index (χ1v) is 9.65. The van der Waals surface area contributed by atoms with E-state index >= 15 is 0 Å². The van der Waals surface area contributed by atoms with E-state index in [0.29, 0.717) is 12.4 Å². The molecule has 3 aromatic carbocycles. The predicted octanol–water partition coefficient (Wildman–Crippen LogP) is 6.33. The molecular weight excluding hydrogens is 360 g/mol. The Morgan fingerprint density at radius 1 is 0.931 bits per heavy atom. The molecule has 0 aromatic heterocycles. The maximum atomic E-state index is 11.0. The largest absolute Gasteiger partial charge is 0.488 e. The Balaban J connectivity index is 1.89. The summed E-state index contributed by atoms with van der Waals surface area (Å²) in [5.41, 5.74) is 5.27. The van der Waals surface area contributed by atoms with Gasteiger partial charge in [0.1, 0.15) is 12.4 Å². The van der Waals surface area contributed by atoms with Gasteiger partial charge in [-0.15, -0.1) is 0 Å². The second-order valence-electron chi connectivity index (χ2n) is 8.03. The minimum atomic E-state index is -0.987. The molecule has 0 spiro atoms. The summed E-state index contributed by atoms with van der Waals surface area (Å²) in [5, 5.41) is 9.04. The quantitative estimate of drug-likeness (QED) is 0.504. The van der Waals surface area contributed by atoms with Crippen molar-refractivity contribution in [2.24, 2.45) is 0 Å². The molecule has 0 unspecified atom stereocenters. The van der Waals surface area contributed by atoms with Gasteiger partial charge in [-0.25, -0.2) is 4.79 Å². The average Bonchev–Trinajstić information content (AvgIpc) is 2.71. The molecule has 0 saturated heterocycles. The maximum absolute atomic E-state index is 11.0. The molecule has 3 nitrogen and oxygen atoms in total. The number of ether oxygens (including phenoxy) is 1. The molecule has 3 rings (SSSR count). The fourth-order valence-corrected chi connectivity index (χ4v) is 3.05. The van der Waals surface area contributed by atoms with Crippen molar-refractivity contribution >= 4 is 12.0 Å². The van der Waals surface area contributed by atoms with Crippen molar-refractivity contribution in [3.8, 4) is 16.9 Å². The van der Waals surface area contributed by atoms with Gasteiger partial charge >= 0.3 is 5.97 Å². The van der Waals surface area contributed by atoms with Crippen molar-refractivity contribution in [1.29, 1.82) is 0 Å². The number of hydrogen-bond acceptors (Lipinski definition) is 2. The standard InChI is InChI=1S/C26H26O3/c1-26(2,3)23-13-9-20(10-14-23)21-11-15-24(22(17-21)12-16-25(27)28)29-18-19-7-5-4-6-8-19/h4-17H,18H2,1-3H3,(H,27,28). The highest BCUT2D eigenvalue weighted by atomic mass is 16.5. The Bertz CT molecular complexity index is 994. The van der Waals surface area contributed by atoms with Crippen molar-refractivity contribution in [2.45, 2.75) is 32.8 Å². The molecule has 0 saturated carbocycles. The van der Waals surface area contributed by atoms with Crippen LogP contribution in [0.15, 0.2) is 78.9 Å². The van der Waals surface area contributed by atoms with Gasteiger partial charge in [-0.3, -0.25) is 0 Å². The van der Waals surface area contributed by atoms with Crippen LogP contribution >= 0.6 is 0 Å². The topological polar surface area (TPSA) is 46.5 Å². The number of carboxylic acids is 1. The van der Waals surface area contributed by atoms with Crippen molar-refractivity contribution in [2.75, 3.05) is 0 Å². The van der Waals surface area contributed by atoms with E-state index in [1.54, 1.807) is 6.08 Å². The SMILES string of the molecule is CC(C)(C)c1ccc(-c2ccc(OCc3ccccc3)c(C=CC(=O)O)c2)cc1. The van der Waals surface area contributed by atoms with Crippen LogP contribution in [0.25, 0.3) is 17.2 Å². The van der Waals surface area contributed by atoms with Crippen LogP contribution in [0.1, 0.15) is 37.5 Å². The van der Waals surface area contributed by atoms with E-state index < -0.39 is 5.97 Å². The Morgan fingerprint density at radius 3 is 2.21 bits per heavy atom. The van der Waals surface area contributed by atoms with E-state index in [2.05, 4.69) is 45.0 Å². The van der Waals surface area contributed by atoms with Crippen LogP contribution in [-0.2, 0) is 16.8 Å². The second-order valence-corrected chi connectivity index (χ2v) is 8.03. The smallest absolute Gasteiger partial charge is 0.328 e. The molecule has 0 aliphatic carbocycles. The zero-order valence-electron chi connectivity index (χ0n) is 17.1. The monoisotopic (exact) mass is 386 g/mol. The minimum absolute atomic E-state index is 0.100. The number of hydrogen-bond donors (Lipinski definition) is 1. The fourth-order valence-electron chi connectivity index (χ4n) is 3.05. The van der Waals surface area contributed by atoms with E-state index in [1.165, 1.54) is 5.56 Å². The maximum Gasteiger partial charge on any atom is 0.328 e. The van der Waals surface area contributed by atoms with Crippen LogP contribution in [0, 0.1) is 0 Å². The predicted molar refractivity (Wildman–Crippen MR) is 118 cm³/mol. The third-order valence-corrected chi connectivity index (χ3v) is 4.74. The molecule has 0 fully saturated rings. The third-order valence-electron chi connectivity index (χ3n) is 4.74. The van der Waals surface area contributed by atoms with Gasteiger partial charge in [-0.05, 0) is 45.9 Å². The van der Waals surface area contributed by atoms with Gasteiger partial charge < -0.3 is 9.84 Å². The first-order valence-electron chi connectivity index (χ1n) is 9.65. The summed E-state index contributed by atoms with van der Waals surface area (Å²) in [6.45, 7) is 7.00. The van der Waals surface area contributed by atoms with Crippen LogP contribution in [0.3, 0.4) is 0 Å². The van der Waals surface area contributed by atoms with Gasteiger partial charge in [0.25, 0.3) is 0 Å². The highest BCUT2D eigenvalue weighted by molar-refractivity contribution is 5.86. The van der Waals surface area contributed by atoms with E-state index in [0.717, 1.165) is 28.3 Å². The molecule has 3 aromatic rings. The van der Waals surface area contributed by atoms with Crippen LogP contribution in [-0.4, -0.2) is 11.1 Å². The van der Waals surface area contributed by atoms with Crippen LogP contribution < -0.4 is 4.74 Å². The van der Waals surface area contributed by atoms with Gasteiger partial charge in [0.2, 0.25) is 0 Å². The molecule has 1 N–H and O–H groups in total. The zero-order valence-corrected chi connectivity index (χ0v) is 17.1. The fraction of sp³-hybridized carbons (Fsp3) is 0.192. The minimum Gasteiger partial charge on any atom is -0.488 e. The number of benzene rings is 3. The Kier molecular flexibility index (Phi) is 6.18. The highest BCUT2D eigenvalue weighted by Crippen LogP contribution is 2.30. The summed E-state index contributed by atoms with van der Waals surface area (Å²) in [6.07, 6.45) is 2.72. The van der Waals surface area contributed by atoms with Gasteiger partial charge in [-0.1, -0.05) is 81.4 Å². The van der Waals surface area contributed by atoms with E-state index in [-0.39, 0.29) is 5.41 Å². The molecule has 0 atom stereocenters. The molecule has 148 valence electrons. The first kappa shape index (κ1) is 20.4. The molecule has 0 heterocycles. The molecular formula is C26H26O3. The lowest BCUT2D eigenvalue weighted by atomic mass is 9.86. The summed E-state index contributed by atoms with van der Waals surface area (Å²) in [5.74, 6) is -0.333. The van der Waals surface area contributed by atoms with Crippen LogP contribution in [0.4, 0.5) is 0 Å². The van der Waals surface area contributed by atoms with Gasteiger partial charge in [0.15, 0.2) is 0 Å². The highest BCUT2D eigenvalue weighted by Gasteiger charge is 2.13. The molecule has 0 aliphatic heterocycles. The molecule has 0 aliphatic rings. The third kappa shape index (κ3) is 5.58. The second kappa shape index (κ2) is 8.78. The van der Waals surface area contributed by atoms with Crippen LogP contribution in [0.2, 0.25) is 0 Å². The Morgan fingerprint density at radius 2 is 1.59 bits per heavy atom. The number of carboxylic acid groups (broad SMARTS) is 1. The van der Waals surface area contributed by atoms with Crippen molar-refractivity contribution in [1.82, 2.24) is 0 Å².